The van der Waals surface area contributed by atoms with E-state index in [1.807, 2.05) is 0 Å². The first kappa shape index (κ1) is 16.8. The lowest BCUT2D eigenvalue weighted by Gasteiger charge is -2.03. The van der Waals surface area contributed by atoms with Gasteiger partial charge < -0.3 is 4.74 Å². The summed E-state index contributed by atoms with van der Waals surface area (Å²) in [5.41, 5.74) is 2.74. The summed E-state index contributed by atoms with van der Waals surface area (Å²) in [5.74, 6) is -1.09. The van der Waals surface area contributed by atoms with Crippen LogP contribution in [0, 0.1) is 11.6 Å². The molecule has 0 N–H and O–H groups in total. The van der Waals surface area contributed by atoms with E-state index in [1.165, 1.54) is 28.9 Å². The summed E-state index contributed by atoms with van der Waals surface area (Å²) in [6.45, 7) is 1.98. The lowest BCUT2D eigenvalue weighted by Crippen LogP contribution is -2.13. The zero-order chi connectivity index (χ0) is 17.8. The number of carbonyl (C=O) groups excluding carboxylic acids is 1. The Bertz CT molecular complexity index is 808. The Morgan fingerprint density at radius 2 is 1.56 bits per heavy atom. The van der Waals surface area contributed by atoms with Crippen molar-refractivity contribution in [1.82, 2.24) is 9.78 Å². The second-order valence-corrected chi connectivity index (χ2v) is 5.41. The first-order valence-corrected chi connectivity index (χ1v) is 7.81. The summed E-state index contributed by atoms with van der Waals surface area (Å²) < 4.78 is 32.8. The minimum absolute atomic E-state index is 0.0385. The highest BCUT2D eigenvalue weighted by Gasteiger charge is 2.15. The number of carbonyl (C=O) groups is 1. The largest absolute Gasteiger partial charge is 0.465 e. The van der Waals surface area contributed by atoms with Crippen molar-refractivity contribution in [2.45, 2.75) is 13.5 Å². The maximum Gasteiger partial charge on any atom is 0.327 e. The van der Waals surface area contributed by atoms with Crippen molar-refractivity contribution >= 4 is 5.97 Å². The van der Waals surface area contributed by atoms with Gasteiger partial charge in [0.15, 0.2) is 0 Å². The van der Waals surface area contributed by atoms with E-state index < -0.39 is 5.97 Å². The maximum absolute atomic E-state index is 13.2. The van der Waals surface area contributed by atoms with Gasteiger partial charge in [0.25, 0.3) is 0 Å². The minimum Gasteiger partial charge on any atom is -0.465 e. The Kier molecular flexibility index (Phi) is 4.88. The van der Waals surface area contributed by atoms with Crippen molar-refractivity contribution in [3.05, 3.63) is 66.4 Å². The van der Waals surface area contributed by atoms with E-state index in [0.29, 0.717) is 11.3 Å². The van der Waals surface area contributed by atoms with Crippen molar-refractivity contribution in [1.29, 1.82) is 0 Å². The van der Waals surface area contributed by atoms with Gasteiger partial charge >= 0.3 is 5.97 Å². The molecule has 1 aromatic heterocycles. The lowest BCUT2D eigenvalue weighted by atomic mass is 10.0. The molecule has 2 aromatic carbocycles. The van der Waals surface area contributed by atoms with E-state index >= 15 is 0 Å². The molecule has 0 aliphatic rings. The Morgan fingerprint density at radius 1 is 1.00 bits per heavy atom. The third kappa shape index (κ3) is 3.91. The highest BCUT2D eigenvalue weighted by molar-refractivity contribution is 5.80. The van der Waals surface area contributed by atoms with Crippen LogP contribution >= 0.6 is 0 Å². The zero-order valence-corrected chi connectivity index (χ0v) is 13.6. The Morgan fingerprint density at radius 3 is 2.12 bits per heavy atom. The molecule has 0 radical (unpaired) electrons. The Labute approximate surface area is 143 Å². The predicted molar refractivity (Wildman–Crippen MR) is 89.6 cm³/mol. The molecule has 25 heavy (non-hydrogen) atoms. The molecule has 1 heterocycles. The number of nitrogens with zero attached hydrogens (tertiary/aromatic N) is 2. The first-order valence-electron chi connectivity index (χ1n) is 7.81. The fourth-order valence-electron chi connectivity index (χ4n) is 2.50. The number of benzene rings is 2. The van der Waals surface area contributed by atoms with Gasteiger partial charge in [-0.05, 0) is 48.9 Å². The molecule has 3 rings (SSSR count). The number of esters is 1. The lowest BCUT2D eigenvalue weighted by molar-refractivity contribution is -0.144. The molecular formula is C19H16F2N2O2. The van der Waals surface area contributed by atoms with E-state index in [4.69, 9.17) is 4.74 Å². The van der Waals surface area contributed by atoms with Crippen LogP contribution in [0.5, 0.6) is 0 Å². The minimum atomic E-state index is -0.402. The van der Waals surface area contributed by atoms with Crippen molar-refractivity contribution in [3.8, 4) is 22.4 Å². The van der Waals surface area contributed by atoms with E-state index in [1.54, 1.807) is 37.4 Å². The van der Waals surface area contributed by atoms with Crippen LogP contribution in [-0.4, -0.2) is 22.4 Å². The monoisotopic (exact) mass is 342 g/mol. The number of aromatic nitrogens is 2. The summed E-state index contributed by atoms with van der Waals surface area (Å²) >= 11 is 0. The van der Waals surface area contributed by atoms with E-state index in [2.05, 4.69) is 5.10 Å². The predicted octanol–water partition coefficient (Wildman–Crippen LogP) is 4.06. The second-order valence-electron chi connectivity index (χ2n) is 5.41. The average molecular weight is 342 g/mol. The van der Waals surface area contributed by atoms with E-state index in [0.717, 1.165) is 11.1 Å². The third-order valence-corrected chi connectivity index (χ3v) is 3.63. The van der Waals surface area contributed by atoms with Crippen LogP contribution in [0.3, 0.4) is 0 Å². The fourth-order valence-corrected chi connectivity index (χ4v) is 2.50. The molecule has 4 nitrogen and oxygen atoms in total. The van der Waals surface area contributed by atoms with Crippen LogP contribution in [0.2, 0.25) is 0 Å². The quantitative estimate of drug-likeness (QED) is 0.657. The number of rotatable bonds is 5. The van der Waals surface area contributed by atoms with Gasteiger partial charge in [-0.15, -0.1) is 0 Å². The van der Waals surface area contributed by atoms with Crippen molar-refractivity contribution < 1.29 is 18.3 Å². The molecule has 0 saturated heterocycles. The maximum atomic E-state index is 13.2. The topological polar surface area (TPSA) is 44.1 Å². The molecule has 0 spiro atoms. The summed E-state index contributed by atoms with van der Waals surface area (Å²) in [6.07, 6.45) is 1.70. The van der Waals surface area contributed by atoms with Gasteiger partial charge in [-0.3, -0.25) is 9.48 Å². The van der Waals surface area contributed by atoms with E-state index in [-0.39, 0.29) is 24.8 Å². The third-order valence-electron chi connectivity index (χ3n) is 3.63. The normalized spacial score (nSPS) is 10.7. The highest BCUT2D eigenvalue weighted by atomic mass is 19.1. The van der Waals surface area contributed by atoms with Gasteiger partial charge in [0.2, 0.25) is 0 Å². The average Bonchev–Trinajstić information content (AvgIpc) is 3.00. The molecule has 128 valence electrons. The summed E-state index contributed by atoms with van der Waals surface area (Å²) in [5, 5.41) is 4.43. The Hall–Kier alpha value is -3.02. The van der Waals surface area contributed by atoms with Crippen LogP contribution in [0.4, 0.5) is 8.78 Å². The fraction of sp³-hybridized carbons (Fsp3) is 0.158. The van der Waals surface area contributed by atoms with Crippen LogP contribution in [0.15, 0.2) is 54.7 Å². The van der Waals surface area contributed by atoms with Gasteiger partial charge in [-0.2, -0.15) is 5.10 Å². The zero-order valence-electron chi connectivity index (χ0n) is 13.6. The van der Waals surface area contributed by atoms with Crippen LogP contribution in [-0.2, 0) is 16.1 Å². The van der Waals surface area contributed by atoms with Crippen molar-refractivity contribution in [2.24, 2.45) is 0 Å². The smallest absolute Gasteiger partial charge is 0.327 e. The molecule has 0 amide bonds. The molecule has 0 unspecified atom stereocenters. The number of hydrogen-bond donors (Lipinski definition) is 0. The molecule has 0 saturated carbocycles. The summed E-state index contributed by atoms with van der Waals surface area (Å²) in [4.78, 5) is 11.7. The second kappa shape index (κ2) is 7.25. The number of hydrogen-bond acceptors (Lipinski definition) is 3. The van der Waals surface area contributed by atoms with Gasteiger partial charge in [0.1, 0.15) is 23.9 Å². The standard InChI is InChI=1S/C19H16F2N2O2/c1-2-25-18(24)12-23-11-17(13-3-7-15(20)8-4-13)19(22-23)14-5-9-16(21)10-6-14/h3-11H,2,12H2,1H3. The van der Waals surface area contributed by atoms with Crippen LogP contribution in [0.25, 0.3) is 22.4 Å². The summed E-state index contributed by atoms with van der Waals surface area (Å²) in [7, 11) is 0. The van der Waals surface area contributed by atoms with Crippen LogP contribution in [0.1, 0.15) is 6.92 Å². The van der Waals surface area contributed by atoms with E-state index in [9.17, 15) is 13.6 Å². The molecule has 3 aromatic rings. The molecule has 0 fully saturated rings. The van der Waals surface area contributed by atoms with Gasteiger partial charge in [-0.25, -0.2) is 8.78 Å². The molecule has 0 bridgehead atoms. The first-order chi connectivity index (χ1) is 12.1. The number of halogens is 2. The van der Waals surface area contributed by atoms with Crippen molar-refractivity contribution in [2.75, 3.05) is 6.61 Å². The number of ether oxygens (including phenoxy) is 1. The van der Waals surface area contributed by atoms with Crippen LogP contribution < -0.4 is 0 Å². The Balaban J connectivity index is 2.04. The molecule has 0 aliphatic heterocycles. The van der Waals surface area contributed by atoms with Gasteiger partial charge in [0, 0.05) is 17.3 Å². The molecule has 6 heteroatoms. The molecule has 0 atom stereocenters. The van der Waals surface area contributed by atoms with Gasteiger partial charge in [-0.1, -0.05) is 12.1 Å². The summed E-state index contributed by atoms with van der Waals surface area (Å²) in [6, 6.07) is 11.9. The highest BCUT2D eigenvalue weighted by Crippen LogP contribution is 2.31. The molecular weight excluding hydrogens is 326 g/mol. The SMILES string of the molecule is CCOC(=O)Cn1cc(-c2ccc(F)cc2)c(-c2ccc(F)cc2)n1. The van der Waals surface area contributed by atoms with Crippen molar-refractivity contribution in [3.63, 3.8) is 0 Å². The molecule has 0 aliphatic carbocycles. The van der Waals surface area contributed by atoms with Gasteiger partial charge in [0.05, 0.1) is 6.61 Å².